The summed E-state index contributed by atoms with van der Waals surface area (Å²) in [6.07, 6.45) is 10.3. The van der Waals surface area contributed by atoms with E-state index < -0.39 is 0 Å². The molecule has 4 aliphatic rings. The Bertz CT molecular complexity index is 352. The normalized spacial score (nSPS) is 59.5. The van der Waals surface area contributed by atoms with Crippen molar-refractivity contribution in [3.05, 3.63) is 24.3 Å². The van der Waals surface area contributed by atoms with Gasteiger partial charge in [0.25, 0.3) is 0 Å². The standard InChI is InChI=1S/C12H12O/c13-12-8-4-5-9-10(11(9)12)7-3-1-2-6(7)8/h1-2,4-11H,3H2. The molecule has 0 spiro atoms. The Morgan fingerprint density at radius 1 is 1.15 bits per heavy atom. The molecule has 6 atom stereocenters. The van der Waals surface area contributed by atoms with Gasteiger partial charge in [-0.15, -0.1) is 0 Å². The maximum absolute atomic E-state index is 11.9. The van der Waals surface area contributed by atoms with Crippen LogP contribution in [0.1, 0.15) is 6.42 Å². The molecule has 4 rings (SSSR count). The van der Waals surface area contributed by atoms with Gasteiger partial charge < -0.3 is 0 Å². The molecule has 6 unspecified atom stereocenters. The fourth-order valence-corrected chi connectivity index (χ4v) is 3.91. The Morgan fingerprint density at radius 2 is 2.08 bits per heavy atom. The van der Waals surface area contributed by atoms with Crippen LogP contribution >= 0.6 is 0 Å². The van der Waals surface area contributed by atoms with Gasteiger partial charge in [-0.2, -0.15) is 0 Å². The van der Waals surface area contributed by atoms with Gasteiger partial charge in [0.2, 0.25) is 0 Å². The van der Waals surface area contributed by atoms with Crippen LogP contribution in [0.25, 0.3) is 0 Å². The fraction of sp³-hybridized carbons (Fsp3) is 0.583. The summed E-state index contributed by atoms with van der Waals surface area (Å²) in [4.78, 5) is 11.9. The minimum atomic E-state index is 0.253. The molecule has 0 aromatic rings. The van der Waals surface area contributed by atoms with E-state index >= 15 is 0 Å². The third-order valence-electron chi connectivity index (χ3n) is 4.50. The number of Topliss-reactive ketones (excluding diaryl/α,β-unsaturated/α-hetero) is 1. The number of fused-ring (bicyclic) bond motifs is 5. The Labute approximate surface area is 77.5 Å². The predicted molar refractivity (Wildman–Crippen MR) is 48.8 cm³/mol. The molecule has 13 heavy (non-hydrogen) atoms. The molecule has 66 valence electrons. The van der Waals surface area contributed by atoms with Gasteiger partial charge in [0.15, 0.2) is 0 Å². The minimum absolute atomic E-state index is 0.253. The first-order valence-electron chi connectivity index (χ1n) is 5.26. The van der Waals surface area contributed by atoms with E-state index in [0.717, 1.165) is 11.8 Å². The maximum atomic E-state index is 11.9. The number of hydrogen-bond donors (Lipinski definition) is 0. The molecule has 1 nitrogen and oxygen atoms in total. The van der Waals surface area contributed by atoms with Crippen LogP contribution in [0.15, 0.2) is 24.3 Å². The van der Waals surface area contributed by atoms with Crippen molar-refractivity contribution in [2.75, 3.05) is 0 Å². The van der Waals surface area contributed by atoms with Crippen LogP contribution in [0.2, 0.25) is 0 Å². The van der Waals surface area contributed by atoms with E-state index in [-0.39, 0.29) is 5.92 Å². The van der Waals surface area contributed by atoms with Crippen molar-refractivity contribution in [2.45, 2.75) is 6.42 Å². The summed E-state index contributed by atoms with van der Waals surface area (Å²) in [5.41, 5.74) is 0. The van der Waals surface area contributed by atoms with Crippen LogP contribution in [0.3, 0.4) is 0 Å². The quantitative estimate of drug-likeness (QED) is 0.509. The molecule has 4 aliphatic carbocycles. The molecule has 0 amide bonds. The van der Waals surface area contributed by atoms with Crippen LogP contribution in [-0.4, -0.2) is 5.78 Å². The van der Waals surface area contributed by atoms with Gasteiger partial charge in [-0.1, -0.05) is 24.3 Å². The van der Waals surface area contributed by atoms with Crippen molar-refractivity contribution < 1.29 is 4.79 Å². The lowest BCUT2D eigenvalue weighted by Gasteiger charge is -2.29. The number of carbonyl (C=O) groups excluding carboxylic acids is 1. The Morgan fingerprint density at radius 3 is 3.00 bits per heavy atom. The van der Waals surface area contributed by atoms with E-state index in [1.807, 2.05) is 0 Å². The number of rotatable bonds is 0. The summed E-state index contributed by atoms with van der Waals surface area (Å²) in [7, 11) is 0. The summed E-state index contributed by atoms with van der Waals surface area (Å²) in [5, 5.41) is 0. The Balaban J connectivity index is 1.89. The highest BCUT2D eigenvalue weighted by atomic mass is 16.1. The number of ketones is 1. The van der Waals surface area contributed by atoms with Crippen molar-refractivity contribution in [1.29, 1.82) is 0 Å². The third kappa shape index (κ3) is 0.579. The maximum Gasteiger partial charge on any atom is 0.144 e. The lowest BCUT2D eigenvalue weighted by atomic mass is 9.73. The first kappa shape index (κ1) is 6.58. The smallest absolute Gasteiger partial charge is 0.144 e. The molecule has 0 aliphatic heterocycles. The van der Waals surface area contributed by atoms with Gasteiger partial charge in [-0.3, -0.25) is 4.79 Å². The van der Waals surface area contributed by atoms with E-state index in [1.165, 1.54) is 6.42 Å². The number of hydrogen-bond acceptors (Lipinski definition) is 1. The summed E-state index contributed by atoms with van der Waals surface area (Å²) < 4.78 is 0. The van der Waals surface area contributed by atoms with Crippen LogP contribution in [0.4, 0.5) is 0 Å². The van der Waals surface area contributed by atoms with E-state index in [1.54, 1.807) is 0 Å². The van der Waals surface area contributed by atoms with E-state index in [9.17, 15) is 4.79 Å². The highest BCUT2D eigenvalue weighted by Crippen LogP contribution is 2.65. The Kier molecular flexibility index (Phi) is 0.919. The molecule has 0 N–H and O–H groups in total. The lowest BCUT2D eigenvalue weighted by molar-refractivity contribution is -0.126. The van der Waals surface area contributed by atoms with Crippen molar-refractivity contribution >= 4 is 5.78 Å². The number of allylic oxidation sites excluding steroid dienone is 4. The van der Waals surface area contributed by atoms with E-state index in [0.29, 0.717) is 23.5 Å². The average molecular weight is 172 g/mol. The third-order valence-corrected chi connectivity index (χ3v) is 4.50. The number of carbonyl (C=O) groups is 1. The zero-order chi connectivity index (χ0) is 8.58. The molecule has 0 aromatic heterocycles. The molecule has 1 heteroatoms. The minimum Gasteiger partial charge on any atom is -0.299 e. The van der Waals surface area contributed by atoms with Gasteiger partial charge in [-0.05, 0) is 30.1 Å². The largest absolute Gasteiger partial charge is 0.299 e. The topological polar surface area (TPSA) is 17.1 Å². The zero-order valence-electron chi connectivity index (χ0n) is 7.39. The van der Waals surface area contributed by atoms with Gasteiger partial charge >= 0.3 is 0 Å². The average Bonchev–Trinajstić information content (AvgIpc) is 2.73. The summed E-state index contributed by atoms with van der Waals surface area (Å²) in [6.45, 7) is 0. The van der Waals surface area contributed by atoms with Gasteiger partial charge in [0.05, 0.1) is 0 Å². The predicted octanol–water partition coefficient (Wildman–Crippen LogP) is 1.81. The Hall–Kier alpha value is -0.850. The van der Waals surface area contributed by atoms with Gasteiger partial charge in [0.1, 0.15) is 5.78 Å². The SMILES string of the molecule is O=C1C2C=CC3C1C3C1CC=CC21. The molecular weight excluding hydrogens is 160 g/mol. The van der Waals surface area contributed by atoms with Crippen LogP contribution in [-0.2, 0) is 4.79 Å². The first-order chi connectivity index (χ1) is 6.38. The van der Waals surface area contributed by atoms with Crippen molar-refractivity contribution in [3.63, 3.8) is 0 Å². The highest BCUT2D eigenvalue weighted by Gasteiger charge is 2.65. The lowest BCUT2D eigenvalue weighted by Crippen LogP contribution is -2.33. The summed E-state index contributed by atoms with van der Waals surface area (Å²) in [6, 6.07) is 0. The highest BCUT2D eigenvalue weighted by molar-refractivity contribution is 5.91. The fourth-order valence-electron chi connectivity index (χ4n) is 3.91. The van der Waals surface area contributed by atoms with Crippen LogP contribution in [0.5, 0.6) is 0 Å². The van der Waals surface area contributed by atoms with Gasteiger partial charge in [-0.25, -0.2) is 0 Å². The second kappa shape index (κ2) is 1.82. The molecule has 2 bridgehead atoms. The monoisotopic (exact) mass is 172 g/mol. The second-order valence-electron chi connectivity index (χ2n) is 4.90. The van der Waals surface area contributed by atoms with E-state index in [2.05, 4.69) is 24.3 Å². The molecule has 0 saturated heterocycles. The van der Waals surface area contributed by atoms with Gasteiger partial charge in [0, 0.05) is 11.8 Å². The molecule has 0 aromatic carbocycles. The van der Waals surface area contributed by atoms with Crippen molar-refractivity contribution in [1.82, 2.24) is 0 Å². The second-order valence-corrected chi connectivity index (χ2v) is 4.90. The molecule has 0 heterocycles. The van der Waals surface area contributed by atoms with Crippen LogP contribution in [0, 0.1) is 35.5 Å². The zero-order valence-corrected chi connectivity index (χ0v) is 7.39. The summed E-state index contributed by atoms with van der Waals surface area (Å²) in [5.74, 6) is 3.98. The van der Waals surface area contributed by atoms with Crippen molar-refractivity contribution in [3.8, 4) is 0 Å². The molecule has 0 radical (unpaired) electrons. The van der Waals surface area contributed by atoms with Crippen LogP contribution < -0.4 is 0 Å². The molecule has 2 fully saturated rings. The molecular formula is C12H12O. The summed E-state index contributed by atoms with van der Waals surface area (Å²) >= 11 is 0. The van der Waals surface area contributed by atoms with Crippen molar-refractivity contribution in [2.24, 2.45) is 35.5 Å². The first-order valence-corrected chi connectivity index (χ1v) is 5.26. The van der Waals surface area contributed by atoms with E-state index in [4.69, 9.17) is 0 Å². The molecule has 2 saturated carbocycles.